The van der Waals surface area contributed by atoms with Crippen LogP contribution in [0.4, 0.5) is 0 Å². The summed E-state index contributed by atoms with van der Waals surface area (Å²) in [6.45, 7) is 9.49. The van der Waals surface area contributed by atoms with Gasteiger partial charge in [0.2, 0.25) is 15.9 Å². The maximum atomic E-state index is 12.7. The molecule has 7 heteroatoms. The number of rotatable bonds is 6. The number of piperidine rings is 1. The SMILES string of the molecule is C=C(C)CN(CC)C(=O)C1CCN(S(=O)(=O)c2ccc(C#N)cc2)CC1. The Labute approximate surface area is 155 Å². The lowest BCUT2D eigenvalue weighted by atomic mass is 9.96. The second kappa shape index (κ2) is 8.47. The second-order valence-electron chi connectivity index (χ2n) is 6.62. The zero-order chi connectivity index (χ0) is 19.3. The van der Waals surface area contributed by atoms with E-state index in [2.05, 4.69) is 6.58 Å². The first-order valence-corrected chi connectivity index (χ1v) is 10.2. The zero-order valence-electron chi connectivity index (χ0n) is 15.3. The number of likely N-dealkylation sites (N-methyl/N-ethyl adjacent to an activating group) is 1. The van der Waals surface area contributed by atoms with Crippen LogP contribution in [0, 0.1) is 17.2 Å². The number of carbonyl (C=O) groups is 1. The molecule has 26 heavy (non-hydrogen) atoms. The summed E-state index contributed by atoms with van der Waals surface area (Å²) in [6, 6.07) is 7.89. The molecule has 1 amide bonds. The number of nitriles is 1. The van der Waals surface area contributed by atoms with Crippen LogP contribution in [0.3, 0.4) is 0 Å². The van der Waals surface area contributed by atoms with E-state index in [1.807, 2.05) is 19.9 Å². The van der Waals surface area contributed by atoms with Gasteiger partial charge in [-0.05, 0) is 51.0 Å². The van der Waals surface area contributed by atoms with E-state index >= 15 is 0 Å². The quantitative estimate of drug-likeness (QED) is 0.715. The fourth-order valence-corrected chi connectivity index (χ4v) is 4.59. The van der Waals surface area contributed by atoms with Crippen molar-refractivity contribution in [3.05, 3.63) is 42.0 Å². The molecule has 0 radical (unpaired) electrons. The van der Waals surface area contributed by atoms with Gasteiger partial charge in [-0.2, -0.15) is 9.57 Å². The fraction of sp³-hybridized carbons (Fsp3) is 0.474. The minimum Gasteiger partial charge on any atom is -0.339 e. The average molecular weight is 375 g/mol. The van der Waals surface area contributed by atoms with E-state index in [-0.39, 0.29) is 16.7 Å². The molecule has 0 atom stereocenters. The van der Waals surface area contributed by atoms with Crippen molar-refractivity contribution in [3.8, 4) is 6.07 Å². The number of sulfonamides is 1. The summed E-state index contributed by atoms with van der Waals surface area (Å²) in [4.78, 5) is 14.6. The molecule has 6 nitrogen and oxygen atoms in total. The lowest BCUT2D eigenvalue weighted by Gasteiger charge is -2.33. The Hall–Kier alpha value is -2.17. The molecule has 1 fully saturated rings. The molecule has 1 aromatic carbocycles. The van der Waals surface area contributed by atoms with E-state index < -0.39 is 10.0 Å². The molecule has 0 aliphatic carbocycles. The average Bonchev–Trinajstić information content (AvgIpc) is 2.65. The summed E-state index contributed by atoms with van der Waals surface area (Å²) >= 11 is 0. The van der Waals surface area contributed by atoms with Crippen LogP contribution in [-0.2, 0) is 14.8 Å². The largest absolute Gasteiger partial charge is 0.339 e. The van der Waals surface area contributed by atoms with Gasteiger partial charge in [-0.3, -0.25) is 4.79 Å². The van der Waals surface area contributed by atoms with Crippen LogP contribution >= 0.6 is 0 Å². The summed E-state index contributed by atoms with van der Waals surface area (Å²) in [6.07, 6.45) is 1.03. The van der Waals surface area contributed by atoms with Gasteiger partial charge < -0.3 is 4.90 Å². The van der Waals surface area contributed by atoms with Crippen LogP contribution in [0.2, 0.25) is 0 Å². The summed E-state index contributed by atoms with van der Waals surface area (Å²) in [5, 5.41) is 8.83. The lowest BCUT2D eigenvalue weighted by molar-refractivity contribution is -0.136. The van der Waals surface area contributed by atoms with Gasteiger partial charge in [0.15, 0.2) is 0 Å². The van der Waals surface area contributed by atoms with E-state index in [4.69, 9.17) is 5.26 Å². The van der Waals surface area contributed by atoms with E-state index in [0.717, 1.165) is 5.57 Å². The third kappa shape index (κ3) is 4.51. The van der Waals surface area contributed by atoms with Crippen LogP contribution in [0.15, 0.2) is 41.3 Å². The highest BCUT2D eigenvalue weighted by molar-refractivity contribution is 7.89. The van der Waals surface area contributed by atoms with Crippen molar-refractivity contribution in [2.24, 2.45) is 5.92 Å². The molecule has 140 valence electrons. The van der Waals surface area contributed by atoms with Crippen molar-refractivity contribution in [2.45, 2.75) is 31.6 Å². The Balaban J connectivity index is 2.03. The molecule has 1 aliphatic rings. The Morgan fingerprint density at radius 3 is 2.35 bits per heavy atom. The third-order valence-electron chi connectivity index (χ3n) is 4.58. The van der Waals surface area contributed by atoms with Crippen molar-refractivity contribution in [1.82, 2.24) is 9.21 Å². The van der Waals surface area contributed by atoms with Crippen molar-refractivity contribution in [1.29, 1.82) is 5.26 Å². The Morgan fingerprint density at radius 2 is 1.88 bits per heavy atom. The lowest BCUT2D eigenvalue weighted by Crippen LogP contribution is -2.44. The summed E-state index contributed by atoms with van der Waals surface area (Å²) in [5.74, 6) is -0.0763. The standard InChI is InChI=1S/C19H25N3O3S/c1-4-21(14-15(2)3)19(23)17-9-11-22(12-10-17)26(24,25)18-7-5-16(13-20)6-8-18/h5-8,17H,2,4,9-12,14H2,1,3H3. The zero-order valence-corrected chi connectivity index (χ0v) is 16.1. The van der Waals surface area contributed by atoms with Crippen LogP contribution in [0.1, 0.15) is 32.3 Å². The molecule has 1 saturated heterocycles. The van der Waals surface area contributed by atoms with Crippen molar-refractivity contribution in [2.75, 3.05) is 26.2 Å². The van der Waals surface area contributed by atoms with Gasteiger partial charge in [0.1, 0.15) is 0 Å². The molecular weight excluding hydrogens is 350 g/mol. The normalized spacial score (nSPS) is 16.0. The van der Waals surface area contributed by atoms with Gasteiger partial charge >= 0.3 is 0 Å². The predicted octanol–water partition coefficient (Wildman–Crippen LogP) is 2.38. The molecule has 2 rings (SSSR count). The van der Waals surface area contributed by atoms with Crippen molar-refractivity contribution >= 4 is 15.9 Å². The van der Waals surface area contributed by atoms with Gasteiger partial charge in [0.25, 0.3) is 0 Å². The highest BCUT2D eigenvalue weighted by Gasteiger charge is 2.33. The van der Waals surface area contributed by atoms with Gasteiger partial charge in [-0.1, -0.05) is 12.2 Å². The van der Waals surface area contributed by atoms with Gasteiger partial charge in [-0.15, -0.1) is 0 Å². The van der Waals surface area contributed by atoms with Crippen LogP contribution in [-0.4, -0.2) is 49.7 Å². The first-order valence-electron chi connectivity index (χ1n) is 8.73. The van der Waals surface area contributed by atoms with Gasteiger partial charge in [0.05, 0.1) is 16.5 Å². The molecule has 0 unspecified atom stereocenters. The minimum atomic E-state index is -3.60. The number of hydrogen-bond donors (Lipinski definition) is 0. The number of carbonyl (C=O) groups excluding carboxylic acids is 1. The van der Waals surface area contributed by atoms with E-state index in [1.165, 1.54) is 28.6 Å². The van der Waals surface area contributed by atoms with E-state index in [1.54, 1.807) is 4.90 Å². The van der Waals surface area contributed by atoms with Gasteiger partial charge in [0, 0.05) is 32.1 Å². The van der Waals surface area contributed by atoms with Crippen LogP contribution < -0.4 is 0 Å². The van der Waals surface area contributed by atoms with Gasteiger partial charge in [-0.25, -0.2) is 8.42 Å². The Kier molecular flexibility index (Phi) is 6.57. The highest BCUT2D eigenvalue weighted by Crippen LogP contribution is 2.25. The predicted molar refractivity (Wildman–Crippen MR) is 99.7 cm³/mol. The van der Waals surface area contributed by atoms with Crippen molar-refractivity contribution < 1.29 is 13.2 Å². The first-order chi connectivity index (χ1) is 12.3. The monoisotopic (exact) mass is 375 g/mol. The molecule has 0 bridgehead atoms. The molecule has 1 aromatic rings. The third-order valence-corrected chi connectivity index (χ3v) is 6.49. The fourth-order valence-electron chi connectivity index (χ4n) is 3.12. The number of benzene rings is 1. The Morgan fingerprint density at radius 1 is 1.31 bits per heavy atom. The minimum absolute atomic E-state index is 0.0749. The topological polar surface area (TPSA) is 81.5 Å². The van der Waals surface area contributed by atoms with E-state index in [0.29, 0.717) is 44.6 Å². The smallest absolute Gasteiger partial charge is 0.243 e. The summed E-state index contributed by atoms with van der Waals surface area (Å²) < 4.78 is 26.9. The van der Waals surface area contributed by atoms with Crippen LogP contribution in [0.5, 0.6) is 0 Å². The first kappa shape index (κ1) is 20.1. The summed E-state index contributed by atoms with van der Waals surface area (Å²) in [5.41, 5.74) is 1.35. The number of amides is 1. The van der Waals surface area contributed by atoms with Crippen molar-refractivity contribution in [3.63, 3.8) is 0 Å². The Bertz CT molecular complexity index is 801. The molecule has 0 saturated carbocycles. The molecule has 0 N–H and O–H groups in total. The molecule has 0 spiro atoms. The number of nitrogens with zero attached hydrogens (tertiary/aromatic N) is 3. The van der Waals surface area contributed by atoms with Crippen LogP contribution in [0.25, 0.3) is 0 Å². The summed E-state index contributed by atoms with van der Waals surface area (Å²) in [7, 11) is -3.60. The maximum Gasteiger partial charge on any atom is 0.243 e. The molecule has 1 aliphatic heterocycles. The van der Waals surface area contributed by atoms with E-state index in [9.17, 15) is 13.2 Å². The molecule has 1 heterocycles. The molecular formula is C19H25N3O3S. The maximum absolute atomic E-state index is 12.7. The number of hydrogen-bond acceptors (Lipinski definition) is 4. The second-order valence-corrected chi connectivity index (χ2v) is 8.56. The highest BCUT2D eigenvalue weighted by atomic mass is 32.2. The molecule has 0 aromatic heterocycles.